The molecule has 0 saturated carbocycles. The molecule has 0 aliphatic carbocycles. The minimum Gasteiger partial charge on any atom is -0.386 e. The number of H-pyrrole nitrogens is 2. The monoisotopic (exact) mass is 835 g/mol. The molecule has 5 atom stereocenters. The number of para-hydroxylation sites is 2. The molecule has 3 aromatic carbocycles. The topological polar surface area (TPSA) is 234 Å². The summed E-state index contributed by atoms with van der Waals surface area (Å²) in [5.74, 6) is -5.92. The van der Waals surface area contributed by atoms with E-state index in [0.29, 0.717) is 25.8 Å². The van der Waals surface area contributed by atoms with Gasteiger partial charge in [0.05, 0.1) is 17.9 Å². The Morgan fingerprint density at radius 2 is 1.21 bits per heavy atom. The van der Waals surface area contributed by atoms with Crippen LogP contribution in [0.25, 0.3) is 21.8 Å². The third-order valence-corrected chi connectivity index (χ3v) is 10.9. The van der Waals surface area contributed by atoms with Crippen LogP contribution in [0.5, 0.6) is 0 Å². The average molecular weight is 836 g/mol. The molecule has 14 heteroatoms. The minimum atomic E-state index is -1.29. The first-order valence-corrected chi connectivity index (χ1v) is 21.1. The number of aliphatic hydroxyl groups is 1. The van der Waals surface area contributed by atoms with E-state index in [9.17, 15) is 33.9 Å². The highest BCUT2D eigenvalue weighted by Crippen LogP contribution is 2.25. The zero-order chi connectivity index (χ0) is 44.5. The predicted octanol–water partition coefficient (Wildman–Crippen LogP) is 4.83. The summed E-state index contributed by atoms with van der Waals surface area (Å²) in [6.07, 6.45) is 3.57. The Hall–Kier alpha value is -6.12. The molecule has 0 saturated heterocycles. The number of carbonyl (C=O) groups excluding carboxylic acids is 6. The minimum absolute atomic E-state index is 0.116. The van der Waals surface area contributed by atoms with Gasteiger partial charge in [-0.2, -0.15) is 0 Å². The molecule has 5 rings (SSSR count). The molecule has 0 aliphatic heterocycles. The van der Waals surface area contributed by atoms with Gasteiger partial charge in [-0.05, 0) is 74.4 Å². The van der Waals surface area contributed by atoms with Gasteiger partial charge in [0.1, 0.15) is 6.10 Å². The number of nitrogens with one attached hydrogen (secondary N) is 4. The number of fused-ring (bicyclic) bond motifs is 2. The predicted molar refractivity (Wildman–Crippen MR) is 236 cm³/mol. The van der Waals surface area contributed by atoms with Gasteiger partial charge >= 0.3 is 0 Å². The van der Waals surface area contributed by atoms with Crippen LogP contribution < -0.4 is 22.2 Å². The summed E-state index contributed by atoms with van der Waals surface area (Å²) in [5.41, 5.74) is 18.0. The number of ketones is 2. The quantitative estimate of drug-likeness (QED) is 0.0376. The van der Waals surface area contributed by atoms with Gasteiger partial charge in [0.15, 0.2) is 11.6 Å². The summed E-state index contributed by atoms with van der Waals surface area (Å²) >= 11 is 0. The number of carbonyl (C=O) groups is 6. The van der Waals surface area contributed by atoms with Crippen molar-refractivity contribution in [2.24, 2.45) is 29.2 Å². The lowest BCUT2D eigenvalue weighted by Crippen LogP contribution is -2.49. The van der Waals surface area contributed by atoms with Gasteiger partial charge < -0.3 is 31.9 Å². The second-order valence-corrected chi connectivity index (χ2v) is 15.3. The van der Waals surface area contributed by atoms with E-state index in [1.54, 1.807) is 12.4 Å². The molecule has 0 unspecified atom stereocenters. The number of aromatic nitrogens is 2. The normalized spacial score (nSPS) is 13.5. The summed E-state index contributed by atoms with van der Waals surface area (Å²) in [6.45, 7) is 5.78. The van der Waals surface area contributed by atoms with E-state index >= 15 is 0 Å². The summed E-state index contributed by atoms with van der Waals surface area (Å²) in [6, 6.07) is 23.2. The van der Waals surface area contributed by atoms with Crippen LogP contribution in [-0.2, 0) is 48.0 Å². The summed E-state index contributed by atoms with van der Waals surface area (Å²) < 4.78 is 0. The van der Waals surface area contributed by atoms with Crippen molar-refractivity contribution in [1.82, 2.24) is 25.7 Å². The number of benzene rings is 3. The van der Waals surface area contributed by atoms with Crippen molar-refractivity contribution in [2.45, 2.75) is 90.7 Å². The molecule has 4 amide bonds. The van der Waals surface area contributed by atoms with E-state index < -0.39 is 59.3 Å². The molecule has 0 bridgehead atoms. The molecular formula is C47H61N7O7. The number of nitrogens with two attached hydrogens (primary N) is 2. The lowest BCUT2D eigenvalue weighted by atomic mass is 9.89. The number of nitrogens with zero attached hydrogens (tertiary/aromatic N) is 1. The highest BCUT2D eigenvalue weighted by Gasteiger charge is 2.32. The van der Waals surface area contributed by atoms with Crippen molar-refractivity contribution >= 4 is 57.0 Å². The van der Waals surface area contributed by atoms with Gasteiger partial charge in [-0.1, -0.05) is 87.0 Å². The number of hydrogen-bond donors (Lipinski definition) is 7. The highest BCUT2D eigenvalue weighted by atomic mass is 16.3. The number of rotatable bonds is 22. The van der Waals surface area contributed by atoms with Crippen LogP contribution in [-0.4, -0.2) is 81.0 Å². The number of hydrogen-bond acceptors (Lipinski definition) is 8. The van der Waals surface area contributed by atoms with E-state index in [2.05, 4.69) is 20.7 Å². The fourth-order valence-electron chi connectivity index (χ4n) is 7.38. The van der Waals surface area contributed by atoms with Crippen LogP contribution in [0.4, 0.5) is 0 Å². The van der Waals surface area contributed by atoms with E-state index in [4.69, 9.17) is 11.5 Å². The Morgan fingerprint density at radius 1 is 0.689 bits per heavy atom. The van der Waals surface area contributed by atoms with Gasteiger partial charge in [-0.15, -0.1) is 0 Å². The fraction of sp³-hybridized carbons (Fsp3) is 0.404. The summed E-state index contributed by atoms with van der Waals surface area (Å²) in [7, 11) is 1.37. The molecule has 0 aliphatic rings. The van der Waals surface area contributed by atoms with E-state index in [-0.39, 0.29) is 44.3 Å². The first-order chi connectivity index (χ1) is 29.3. The van der Waals surface area contributed by atoms with Crippen LogP contribution in [0.3, 0.4) is 0 Å². The molecule has 9 N–H and O–H groups in total. The summed E-state index contributed by atoms with van der Waals surface area (Å²) in [4.78, 5) is 87.6. The average Bonchev–Trinajstić information content (AvgIpc) is 3.87. The molecular weight excluding hydrogens is 775 g/mol. The third kappa shape index (κ3) is 13.7. The number of amides is 4. The van der Waals surface area contributed by atoms with Crippen LogP contribution in [0, 0.1) is 17.8 Å². The van der Waals surface area contributed by atoms with Crippen molar-refractivity contribution in [2.75, 3.05) is 13.6 Å². The summed E-state index contributed by atoms with van der Waals surface area (Å²) in [5, 5.41) is 15.7. The Bertz CT molecular complexity index is 2230. The molecule has 5 aromatic rings. The SMILES string of the molecule is CC.C[C@H](O)C(=O)C[C@H](Cc1c[nH]c2ccccc12)C(=O)NN(C)C(=O)C[C@@H](Cc1c[nH]c2ccccc12)C(=O)N[C@H](Cc1ccccc1)C(=O)C[C@@H](CCCCN)C(N)=O. The van der Waals surface area contributed by atoms with Crippen molar-refractivity contribution in [3.05, 3.63) is 108 Å². The third-order valence-electron chi connectivity index (χ3n) is 10.9. The van der Waals surface area contributed by atoms with Gasteiger partial charge in [-0.3, -0.25) is 39.2 Å². The second-order valence-electron chi connectivity index (χ2n) is 15.3. The van der Waals surface area contributed by atoms with Crippen LogP contribution in [0.1, 0.15) is 76.0 Å². The Balaban J connectivity index is 0.00000403. The lowest BCUT2D eigenvalue weighted by molar-refractivity contribution is -0.144. The number of aliphatic hydroxyl groups excluding tert-OH is 1. The van der Waals surface area contributed by atoms with Gasteiger partial charge in [-0.25, -0.2) is 0 Å². The standard InChI is InChI=1S/C45H55N7O7.C2H6/c1-28(53)40(54)24-31(21-33-26-48-37-17-8-6-15-35(33)37)45(59)51-52(2)42(56)25-32(22-34-27-49-38-18-9-7-16-36(34)38)44(58)50-39(20-29-12-4-3-5-13-29)41(55)23-30(43(47)57)14-10-11-19-46;1-2/h3-9,12-13,15-18,26-28,30-32,39,48-49,53H,10-11,14,19-25,46H2,1-2H3,(H2,47,57)(H,50,58)(H,51,59);1-2H3/t28-,30+,31-,32+,39+;/m0./s1. The van der Waals surface area contributed by atoms with Crippen molar-refractivity contribution < 1.29 is 33.9 Å². The van der Waals surface area contributed by atoms with E-state index in [1.165, 1.54) is 14.0 Å². The zero-order valence-corrected chi connectivity index (χ0v) is 35.6. The molecule has 0 fully saturated rings. The number of aromatic amines is 2. The second kappa shape index (κ2) is 23.6. The highest BCUT2D eigenvalue weighted by molar-refractivity contribution is 5.95. The van der Waals surface area contributed by atoms with E-state index in [1.807, 2.05) is 92.7 Å². The van der Waals surface area contributed by atoms with E-state index in [0.717, 1.165) is 43.5 Å². The smallest absolute Gasteiger partial charge is 0.242 e. The number of unbranched alkanes of at least 4 members (excludes halogenated alkanes) is 1. The molecule has 14 nitrogen and oxygen atoms in total. The zero-order valence-electron chi connectivity index (χ0n) is 35.6. The first kappa shape index (κ1) is 47.6. The van der Waals surface area contributed by atoms with Crippen LogP contribution >= 0.6 is 0 Å². The number of Topliss-reactive ketones (excluding diaryl/α,β-unsaturated/α-hetero) is 2. The van der Waals surface area contributed by atoms with Crippen LogP contribution in [0.15, 0.2) is 91.3 Å². The lowest BCUT2D eigenvalue weighted by Gasteiger charge is -2.26. The van der Waals surface area contributed by atoms with Gasteiger partial charge in [0.2, 0.25) is 23.6 Å². The van der Waals surface area contributed by atoms with Gasteiger partial charge in [0, 0.05) is 66.4 Å². The fourth-order valence-corrected chi connectivity index (χ4v) is 7.38. The largest absolute Gasteiger partial charge is 0.386 e. The van der Waals surface area contributed by atoms with Crippen molar-refractivity contribution in [3.63, 3.8) is 0 Å². The molecule has 0 spiro atoms. The Labute approximate surface area is 357 Å². The molecule has 61 heavy (non-hydrogen) atoms. The molecule has 2 aromatic heterocycles. The maximum atomic E-state index is 14.4. The van der Waals surface area contributed by atoms with Crippen molar-refractivity contribution in [3.8, 4) is 0 Å². The Morgan fingerprint density at radius 3 is 1.75 bits per heavy atom. The number of primary amides is 1. The molecule has 326 valence electrons. The molecule has 0 radical (unpaired) electrons. The number of hydrazine groups is 1. The Kier molecular flexibility index (Phi) is 18.4. The molecule has 2 heterocycles. The van der Waals surface area contributed by atoms with Crippen LogP contribution in [0.2, 0.25) is 0 Å². The maximum absolute atomic E-state index is 14.4. The first-order valence-electron chi connectivity index (χ1n) is 21.1. The van der Waals surface area contributed by atoms with Crippen molar-refractivity contribution in [1.29, 1.82) is 0 Å². The van der Waals surface area contributed by atoms with Gasteiger partial charge in [0.25, 0.3) is 0 Å². The maximum Gasteiger partial charge on any atom is 0.242 e.